The van der Waals surface area contributed by atoms with Crippen molar-refractivity contribution in [3.8, 4) is 0 Å². The van der Waals surface area contributed by atoms with E-state index in [2.05, 4.69) is 34.5 Å². The number of fused-ring (bicyclic) bond motifs is 1. The number of H-pyrrole nitrogens is 1. The molecule has 162 valence electrons. The Morgan fingerprint density at radius 3 is 2.45 bits per heavy atom. The van der Waals surface area contributed by atoms with E-state index in [1.54, 1.807) is 30.3 Å². The van der Waals surface area contributed by atoms with Gasteiger partial charge in [0.05, 0.1) is 14.2 Å². The molecule has 0 fully saturated rings. The molecule has 0 bridgehead atoms. The van der Waals surface area contributed by atoms with Gasteiger partial charge in [0, 0.05) is 22.1 Å². The molecule has 0 aliphatic rings. The summed E-state index contributed by atoms with van der Waals surface area (Å²) in [6.45, 7) is -0.229. The van der Waals surface area contributed by atoms with Crippen LogP contribution in [-0.2, 0) is 14.3 Å². The zero-order valence-corrected chi connectivity index (χ0v) is 17.8. The van der Waals surface area contributed by atoms with Gasteiger partial charge in [-0.25, -0.2) is 14.8 Å². The maximum atomic E-state index is 11.2. The maximum absolute atomic E-state index is 11.2. The van der Waals surface area contributed by atoms with Crippen LogP contribution in [0.1, 0.15) is 20.8 Å². The average Bonchev–Trinajstić information content (AvgIpc) is 3.21. The van der Waals surface area contributed by atoms with E-state index in [0.29, 0.717) is 27.2 Å². The SMILES string of the molecule is COC(=O)CN=[N+]=[N-].COC(=O)c1cc2ccc(Cl)nc2[nH]1.O=Cc1ccc(Cl)nc1. The van der Waals surface area contributed by atoms with Crippen LogP contribution in [0.15, 0.2) is 41.6 Å². The second-order valence-corrected chi connectivity index (χ2v) is 6.02. The molecule has 0 amide bonds. The lowest BCUT2D eigenvalue weighted by atomic mass is 10.3. The highest BCUT2D eigenvalue weighted by molar-refractivity contribution is 6.29. The lowest BCUT2D eigenvalue weighted by Gasteiger charge is -1.91. The van der Waals surface area contributed by atoms with Crippen molar-refractivity contribution in [2.75, 3.05) is 20.8 Å². The van der Waals surface area contributed by atoms with Gasteiger partial charge in [0.15, 0.2) is 6.29 Å². The molecule has 0 saturated carbocycles. The van der Waals surface area contributed by atoms with Gasteiger partial charge in [0.2, 0.25) is 0 Å². The first-order chi connectivity index (χ1) is 14.8. The van der Waals surface area contributed by atoms with Gasteiger partial charge >= 0.3 is 11.9 Å². The Morgan fingerprint density at radius 2 is 1.90 bits per heavy atom. The van der Waals surface area contributed by atoms with Crippen molar-refractivity contribution in [3.05, 3.63) is 68.5 Å². The molecule has 0 spiro atoms. The number of nitrogens with zero attached hydrogens (tertiary/aromatic N) is 5. The van der Waals surface area contributed by atoms with Crippen molar-refractivity contribution in [2.24, 2.45) is 5.11 Å². The second-order valence-electron chi connectivity index (χ2n) is 5.24. The molecule has 3 aromatic heterocycles. The number of aromatic nitrogens is 3. The molecule has 31 heavy (non-hydrogen) atoms. The number of ether oxygens (including phenoxy) is 2. The lowest BCUT2D eigenvalue weighted by molar-refractivity contribution is -0.138. The number of carbonyl (C=O) groups excluding carboxylic acids is 3. The van der Waals surface area contributed by atoms with Gasteiger partial charge in [-0.3, -0.25) is 9.59 Å². The summed E-state index contributed by atoms with van der Waals surface area (Å²) in [5.41, 5.74) is 9.16. The number of aldehydes is 1. The molecule has 0 aliphatic carbocycles. The predicted octanol–water partition coefficient (Wildman–Crippen LogP) is 4.02. The average molecular weight is 467 g/mol. The number of aromatic amines is 1. The first-order valence-corrected chi connectivity index (χ1v) is 8.98. The minimum Gasteiger partial charge on any atom is -0.469 e. The number of hydrogen-bond donors (Lipinski definition) is 1. The van der Waals surface area contributed by atoms with E-state index in [-0.39, 0.29) is 6.54 Å². The fraction of sp³-hybridized carbons (Fsp3) is 0.167. The molecule has 1 N–H and O–H groups in total. The number of rotatable bonds is 4. The Bertz CT molecular complexity index is 1080. The van der Waals surface area contributed by atoms with E-state index in [4.69, 9.17) is 28.7 Å². The lowest BCUT2D eigenvalue weighted by Crippen LogP contribution is -2.02. The molecule has 3 heterocycles. The molecule has 0 radical (unpaired) electrons. The number of halogens is 2. The standard InChI is InChI=1S/C9H7ClN2O2.C6H4ClNO.C3H5N3O2/c1-14-9(13)6-4-5-2-3-7(10)12-8(5)11-6;7-6-2-1-5(4-9)3-8-6;1-8-3(7)2-5-6-4/h2-4H,1H3,(H,11,12);1-4H;2H2,1H3. The number of azide groups is 1. The smallest absolute Gasteiger partial charge is 0.354 e. The molecule has 3 aromatic rings. The third-order valence-corrected chi connectivity index (χ3v) is 3.66. The molecule has 13 heteroatoms. The topological polar surface area (TPSA) is 160 Å². The van der Waals surface area contributed by atoms with Gasteiger partial charge in [-0.1, -0.05) is 28.3 Å². The largest absolute Gasteiger partial charge is 0.469 e. The predicted molar refractivity (Wildman–Crippen MR) is 113 cm³/mol. The van der Waals surface area contributed by atoms with E-state index in [9.17, 15) is 14.4 Å². The van der Waals surface area contributed by atoms with Crippen molar-refractivity contribution < 1.29 is 23.9 Å². The van der Waals surface area contributed by atoms with Gasteiger partial charge in [-0.15, -0.1) is 0 Å². The Labute approximate surface area is 185 Å². The fourth-order valence-electron chi connectivity index (χ4n) is 1.81. The van der Waals surface area contributed by atoms with Crippen LogP contribution in [0.2, 0.25) is 10.3 Å². The van der Waals surface area contributed by atoms with Crippen LogP contribution in [0, 0.1) is 0 Å². The van der Waals surface area contributed by atoms with Crippen LogP contribution in [0.3, 0.4) is 0 Å². The molecule has 0 atom stereocenters. The third-order valence-electron chi connectivity index (χ3n) is 3.23. The summed E-state index contributed by atoms with van der Waals surface area (Å²) >= 11 is 11.1. The number of nitrogens with one attached hydrogen (secondary N) is 1. The highest BCUT2D eigenvalue weighted by Gasteiger charge is 2.09. The quantitative estimate of drug-likeness (QED) is 0.151. The van der Waals surface area contributed by atoms with Gasteiger partial charge in [-0.2, -0.15) is 0 Å². The fourth-order valence-corrected chi connectivity index (χ4v) is 2.07. The van der Waals surface area contributed by atoms with Crippen LogP contribution in [0.5, 0.6) is 0 Å². The van der Waals surface area contributed by atoms with E-state index in [1.165, 1.54) is 20.4 Å². The number of esters is 2. The van der Waals surface area contributed by atoms with Crippen LogP contribution >= 0.6 is 23.2 Å². The van der Waals surface area contributed by atoms with E-state index in [0.717, 1.165) is 11.7 Å². The minimum absolute atomic E-state index is 0.229. The first kappa shape index (κ1) is 25.4. The van der Waals surface area contributed by atoms with E-state index in [1.807, 2.05) is 0 Å². The van der Waals surface area contributed by atoms with Gasteiger partial charge in [0.25, 0.3) is 0 Å². The summed E-state index contributed by atoms with van der Waals surface area (Å²) in [5, 5.41) is 4.57. The highest BCUT2D eigenvalue weighted by atomic mass is 35.5. The van der Waals surface area contributed by atoms with Gasteiger partial charge < -0.3 is 14.5 Å². The van der Waals surface area contributed by atoms with E-state index < -0.39 is 11.9 Å². The highest BCUT2D eigenvalue weighted by Crippen LogP contribution is 2.16. The van der Waals surface area contributed by atoms with Crippen molar-refractivity contribution in [2.45, 2.75) is 0 Å². The van der Waals surface area contributed by atoms with Crippen LogP contribution in [-0.4, -0.2) is 53.9 Å². The molecule has 0 aliphatic heterocycles. The number of carbonyl (C=O) groups is 3. The summed E-state index contributed by atoms with van der Waals surface area (Å²) < 4.78 is 8.71. The molecule has 0 saturated heterocycles. The summed E-state index contributed by atoms with van der Waals surface area (Å²) in [6, 6.07) is 8.31. The Morgan fingerprint density at radius 1 is 1.19 bits per heavy atom. The molecule has 0 aromatic carbocycles. The Balaban J connectivity index is 0.000000247. The zero-order chi connectivity index (χ0) is 23.2. The summed E-state index contributed by atoms with van der Waals surface area (Å²) in [6.07, 6.45) is 2.15. The third kappa shape index (κ3) is 9.13. The van der Waals surface area contributed by atoms with Crippen LogP contribution in [0.25, 0.3) is 21.5 Å². The van der Waals surface area contributed by atoms with Crippen LogP contribution in [0.4, 0.5) is 0 Å². The van der Waals surface area contributed by atoms with Crippen molar-refractivity contribution in [3.63, 3.8) is 0 Å². The van der Waals surface area contributed by atoms with E-state index >= 15 is 0 Å². The molecule has 0 unspecified atom stereocenters. The second kappa shape index (κ2) is 13.5. The van der Waals surface area contributed by atoms with Crippen molar-refractivity contribution >= 4 is 52.5 Å². The van der Waals surface area contributed by atoms with Crippen molar-refractivity contribution in [1.29, 1.82) is 0 Å². The normalized spacial score (nSPS) is 9.16. The Kier molecular flexibility index (Phi) is 11.1. The summed E-state index contributed by atoms with van der Waals surface area (Å²) in [7, 11) is 2.56. The maximum Gasteiger partial charge on any atom is 0.354 e. The molecular weight excluding hydrogens is 451 g/mol. The minimum atomic E-state index is -0.525. The first-order valence-electron chi connectivity index (χ1n) is 8.22. The summed E-state index contributed by atoms with van der Waals surface area (Å²) in [5.74, 6) is -0.943. The van der Waals surface area contributed by atoms with Gasteiger partial charge in [-0.05, 0) is 35.9 Å². The molecular formula is C18H16Cl2N6O5. The number of pyridine rings is 2. The molecule has 11 nitrogen and oxygen atoms in total. The molecule has 3 rings (SSSR count). The summed E-state index contributed by atoms with van der Waals surface area (Å²) in [4.78, 5) is 44.1. The van der Waals surface area contributed by atoms with Crippen molar-refractivity contribution in [1.82, 2.24) is 15.0 Å². The van der Waals surface area contributed by atoms with Crippen LogP contribution < -0.4 is 0 Å². The Hall–Kier alpha value is -3.66. The zero-order valence-electron chi connectivity index (χ0n) is 16.3. The number of methoxy groups -OCH3 is 2. The monoisotopic (exact) mass is 466 g/mol. The van der Waals surface area contributed by atoms with Gasteiger partial charge in [0.1, 0.15) is 28.2 Å². The number of hydrogen-bond acceptors (Lipinski definition) is 8.